The molecule has 0 fully saturated rings. The van der Waals surface area contributed by atoms with Gasteiger partial charge in [0.05, 0.1) is 13.1 Å². The molecular formula is C16H20NO2S2. The van der Waals surface area contributed by atoms with E-state index in [9.17, 15) is 4.79 Å². The number of carbonyl (C=O) groups is 1. The molecule has 0 aliphatic rings. The minimum atomic E-state index is 0.0785. The fourth-order valence-corrected chi connectivity index (χ4v) is 3.44. The predicted molar refractivity (Wildman–Crippen MR) is 88.1 cm³/mol. The Bertz CT molecular complexity index is 472. The van der Waals surface area contributed by atoms with Gasteiger partial charge in [0, 0.05) is 22.8 Å². The standard InChI is InChI=1S/C16H20NO2S2/c18-9-3-1-2-8-16(19)17(12-14-6-4-10-20-14)13-15-7-5-11-21-15/h4-8,10-11,18H,1-3,9,12-13H2. The number of hydrogen-bond donors (Lipinski definition) is 1. The van der Waals surface area contributed by atoms with Crippen molar-refractivity contribution in [2.45, 2.75) is 32.4 Å². The molecule has 0 aromatic carbocycles. The van der Waals surface area contributed by atoms with Crippen LogP contribution in [-0.2, 0) is 17.9 Å². The molecule has 1 radical (unpaired) electrons. The Balaban J connectivity index is 1.92. The molecule has 2 aromatic heterocycles. The van der Waals surface area contributed by atoms with Crippen LogP contribution >= 0.6 is 22.7 Å². The number of carbonyl (C=O) groups excluding carboxylic acids is 1. The summed E-state index contributed by atoms with van der Waals surface area (Å²) in [5, 5.41) is 12.8. The molecule has 0 spiro atoms. The van der Waals surface area contributed by atoms with Gasteiger partial charge in [-0.2, -0.15) is 0 Å². The van der Waals surface area contributed by atoms with Gasteiger partial charge in [0.2, 0.25) is 5.91 Å². The van der Waals surface area contributed by atoms with Gasteiger partial charge >= 0.3 is 0 Å². The molecule has 2 rings (SSSR count). The lowest BCUT2D eigenvalue weighted by Crippen LogP contribution is -2.29. The van der Waals surface area contributed by atoms with Crippen LogP contribution in [0.3, 0.4) is 0 Å². The number of amides is 1. The van der Waals surface area contributed by atoms with E-state index in [1.807, 2.05) is 27.8 Å². The van der Waals surface area contributed by atoms with Crippen molar-refractivity contribution in [3.05, 3.63) is 51.2 Å². The normalized spacial score (nSPS) is 10.7. The second-order valence-electron chi connectivity index (χ2n) is 4.78. The lowest BCUT2D eigenvalue weighted by molar-refractivity contribution is -0.128. The maximum atomic E-state index is 12.4. The van der Waals surface area contributed by atoms with Crippen LogP contribution < -0.4 is 0 Å². The molecule has 5 heteroatoms. The maximum absolute atomic E-state index is 12.4. The van der Waals surface area contributed by atoms with Crippen molar-refractivity contribution in [1.82, 2.24) is 4.90 Å². The van der Waals surface area contributed by atoms with Crippen LogP contribution in [0.1, 0.15) is 29.0 Å². The highest BCUT2D eigenvalue weighted by molar-refractivity contribution is 7.10. The van der Waals surface area contributed by atoms with Crippen molar-refractivity contribution in [2.75, 3.05) is 6.61 Å². The van der Waals surface area contributed by atoms with Crippen LogP contribution in [0, 0.1) is 6.42 Å². The zero-order valence-corrected chi connectivity index (χ0v) is 13.5. The summed E-state index contributed by atoms with van der Waals surface area (Å²) in [6.45, 7) is 1.51. The van der Waals surface area contributed by atoms with Gasteiger partial charge in [0.1, 0.15) is 0 Å². The van der Waals surface area contributed by atoms with Crippen LogP contribution in [0.5, 0.6) is 0 Å². The fourth-order valence-electron chi connectivity index (χ4n) is 2.00. The van der Waals surface area contributed by atoms with E-state index >= 15 is 0 Å². The minimum absolute atomic E-state index is 0.0785. The molecule has 0 saturated heterocycles. The van der Waals surface area contributed by atoms with Gasteiger partial charge in [-0.15, -0.1) is 22.7 Å². The van der Waals surface area contributed by atoms with Crippen LogP contribution in [0.2, 0.25) is 0 Å². The first-order valence-corrected chi connectivity index (χ1v) is 8.83. The fraction of sp³-hybridized carbons (Fsp3) is 0.375. The predicted octanol–water partition coefficient (Wildman–Crippen LogP) is 3.71. The molecule has 3 nitrogen and oxygen atoms in total. The van der Waals surface area contributed by atoms with Gasteiger partial charge in [0.25, 0.3) is 0 Å². The van der Waals surface area contributed by atoms with Gasteiger partial charge in [-0.3, -0.25) is 4.79 Å². The van der Waals surface area contributed by atoms with E-state index < -0.39 is 0 Å². The van der Waals surface area contributed by atoms with Crippen LogP contribution in [0.15, 0.2) is 35.0 Å². The molecule has 0 bridgehead atoms. The molecule has 1 amide bonds. The molecule has 0 saturated carbocycles. The van der Waals surface area contributed by atoms with Gasteiger partial charge in [-0.1, -0.05) is 18.6 Å². The number of unbranched alkanes of at least 4 members (excludes halogenated alkanes) is 2. The van der Waals surface area contributed by atoms with Crippen molar-refractivity contribution in [1.29, 1.82) is 0 Å². The molecule has 0 unspecified atom stereocenters. The van der Waals surface area contributed by atoms with E-state index in [0.29, 0.717) is 13.1 Å². The number of aliphatic hydroxyl groups is 1. The molecule has 2 heterocycles. The largest absolute Gasteiger partial charge is 0.396 e. The van der Waals surface area contributed by atoms with E-state index in [4.69, 9.17) is 5.11 Å². The van der Waals surface area contributed by atoms with Gasteiger partial charge < -0.3 is 10.0 Å². The van der Waals surface area contributed by atoms with Crippen molar-refractivity contribution in [2.24, 2.45) is 0 Å². The Morgan fingerprint density at radius 2 is 1.71 bits per heavy atom. The van der Waals surface area contributed by atoms with E-state index in [0.717, 1.165) is 19.3 Å². The van der Waals surface area contributed by atoms with E-state index in [1.165, 1.54) is 9.75 Å². The highest BCUT2D eigenvalue weighted by Gasteiger charge is 2.15. The average molecular weight is 322 g/mol. The van der Waals surface area contributed by atoms with E-state index in [1.54, 1.807) is 29.1 Å². The Morgan fingerprint density at radius 3 is 2.19 bits per heavy atom. The lowest BCUT2D eigenvalue weighted by Gasteiger charge is -2.21. The number of aliphatic hydroxyl groups excluding tert-OH is 1. The number of nitrogens with zero attached hydrogens (tertiary/aromatic N) is 1. The smallest absolute Gasteiger partial charge is 0.227 e. The third kappa shape index (κ3) is 5.61. The van der Waals surface area contributed by atoms with Crippen molar-refractivity contribution in [3.63, 3.8) is 0 Å². The molecule has 1 N–H and O–H groups in total. The summed E-state index contributed by atoms with van der Waals surface area (Å²) < 4.78 is 0. The highest BCUT2D eigenvalue weighted by atomic mass is 32.1. The molecule has 0 atom stereocenters. The monoisotopic (exact) mass is 322 g/mol. The second-order valence-corrected chi connectivity index (χ2v) is 6.84. The summed E-state index contributed by atoms with van der Waals surface area (Å²) in [4.78, 5) is 16.7. The zero-order chi connectivity index (χ0) is 14.9. The first-order chi connectivity index (χ1) is 10.3. The summed E-state index contributed by atoms with van der Waals surface area (Å²) >= 11 is 3.35. The topological polar surface area (TPSA) is 40.5 Å². The van der Waals surface area contributed by atoms with Crippen molar-refractivity contribution < 1.29 is 9.90 Å². The SMILES string of the molecule is O=C([CH]CCCCO)N(Cc1cccs1)Cc1cccs1. The first-order valence-electron chi connectivity index (χ1n) is 7.07. The van der Waals surface area contributed by atoms with Crippen LogP contribution in [0.4, 0.5) is 0 Å². The van der Waals surface area contributed by atoms with E-state index in [-0.39, 0.29) is 12.5 Å². The highest BCUT2D eigenvalue weighted by Crippen LogP contribution is 2.18. The summed E-state index contributed by atoms with van der Waals surface area (Å²) in [5.41, 5.74) is 0. The Kier molecular flexibility index (Phi) is 6.92. The third-order valence-corrected chi connectivity index (χ3v) is 4.82. The Morgan fingerprint density at radius 1 is 1.10 bits per heavy atom. The Labute approximate surface area is 133 Å². The minimum Gasteiger partial charge on any atom is -0.396 e. The molecular weight excluding hydrogens is 302 g/mol. The number of rotatable bonds is 9. The molecule has 113 valence electrons. The number of hydrogen-bond acceptors (Lipinski definition) is 4. The summed E-state index contributed by atoms with van der Waals surface area (Å²) in [5.74, 6) is 0.0785. The van der Waals surface area contributed by atoms with E-state index in [2.05, 4.69) is 12.1 Å². The lowest BCUT2D eigenvalue weighted by atomic mass is 10.2. The summed E-state index contributed by atoms with van der Waals surface area (Å²) in [6, 6.07) is 8.15. The summed E-state index contributed by atoms with van der Waals surface area (Å²) in [7, 11) is 0. The van der Waals surface area contributed by atoms with Gasteiger partial charge in [-0.05, 0) is 35.7 Å². The van der Waals surface area contributed by atoms with Crippen LogP contribution in [0.25, 0.3) is 0 Å². The van der Waals surface area contributed by atoms with Crippen molar-refractivity contribution >= 4 is 28.6 Å². The van der Waals surface area contributed by atoms with Gasteiger partial charge in [-0.25, -0.2) is 0 Å². The number of thiophene rings is 2. The third-order valence-electron chi connectivity index (χ3n) is 3.10. The van der Waals surface area contributed by atoms with Gasteiger partial charge in [0.15, 0.2) is 0 Å². The average Bonchev–Trinajstić information content (AvgIpc) is 3.16. The quantitative estimate of drug-likeness (QED) is 0.715. The zero-order valence-electron chi connectivity index (χ0n) is 11.9. The molecule has 2 aromatic rings. The first kappa shape index (κ1) is 16.2. The summed E-state index contributed by atoms with van der Waals surface area (Å²) in [6.07, 6.45) is 4.08. The second kappa shape index (κ2) is 8.97. The van der Waals surface area contributed by atoms with Crippen molar-refractivity contribution in [3.8, 4) is 0 Å². The molecule has 0 aliphatic carbocycles. The molecule has 21 heavy (non-hydrogen) atoms. The van der Waals surface area contributed by atoms with Crippen LogP contribution in [-0.4, -0.2) is 22.5 Å². The molecule has 0 aliphatic heterocycles. The Hall–Kier alpha value is -1.17. The maximum Gasteiger partial charge on any atom is 0.227 e.